The molecule has 1 saturated heterocycles. The van der Waals surface area contributed by atoms with Crippen molar-refractivity contribution in [1.82, 2.24) is 19.8 Å². The average molecular weight is 450 g/mol. The highest BCUT2D eigenvalue weighted by atomic mass is 35.5. The molecule has 0 bridgehead atoms. The molecule has 4 rings (SSSR count). The normalized spacial score (nSPS) is 13.9. The number of halogens is 1. The van der Waals surface area contributed by atoms with Crippen molar-refractivity contribution in [2.45, 2.75) is 13.3 Å². The molecule has 2 aromatic carbocycles. The molecule has 1 aliphatic rings. The van der Waals surface area contributed by atoms with Crippen molar-refractivity contribution in [2.24, 2.45) is 0 Å². The molecule has 1 aliphatic heterocycles. The highest BCUT2D eigenvalue weighted by Crippen LogP contribution is 2.29. The second-order valence-corrected chi connectivity index (χ2v) is 8.69. The van der Waals surface area contributed by atoms with Crippen LogP contribution < -0.4 is 4.90 Å². The van der Waals surface area contributed by atoms with E-state index in [-0.39, 0.29) is 6.03 Å². The van der Waals surface area contributed by atoms with Crippen molar-refractivity contribution in [3.63, 3.8) is 0 Å². The van der Waals surface area contributed by atoms with Crippen LogP contribution in [0.15, 0.2) is 54.6 Å². The summed E-state index contributed by atoms with van der Waals surface area (Å²) >= 11 is 6.08. The van der Waals surface area contributed by atoms with Crippen LogP contribution >= 0.6 is 11.6 Å². The number of urea groups is 1. The van der Waals surface area contributed by atoms with Crippen LogP contribution in [0.3, 0.4) is 0 Å². The van der Waals surface area contributed by atoms with E-state index in [0.29, 0.717) is 23.9 Å². The molecule has 0 radical (unpaired) electrons. The number of carbonyl (C=O) groups excluding carboxylic acids is 1. The maximum absolute atomic E-state index is 12.4. The Morgan fingerprint density at radius 3 is 2.25 bits per heavy atom. The zero-order valence-electron chi connectivity index (χ0n) is 18.8. The van der Waals surface area contributed by atoms with Crippen molar-refractivity contribution in [3.05, 3.63) is 76.4 Å². The summed E-state index contributed by atoms with van der Waals surface area (Å²) in [6.07, 6.45) is 0.764. The minimum absolute atomic E-state index is 0.0508. The molecular formula is C25H28ClN5O. The first-order valence-corrected chi connectivity index (χ1v) is 11.2. The fourth-order valence-corrected chi connectivity index (χ4v) is 4.10. The highest BCUT2D eigenvalue weighted by Gasteiger charge is 2.26. The van der Waals surface area contributed by atoms with Gasteiger partial charge in [-0.3, -0.25) is 0 Å². The van der Waals surface area contributed by atoms with Crippen LogP contribution in [0.2, 0.25) is 5.02 Å². The largest absolute Gasteiger partial charge is 0.353 e. The smallest absolute Gasteiger partial charge is 0.319 e. The van der Waals surface area contributed by atoms with Crippen LogP contribution in [-0.4, -0.2) is 66.1 Å². The third kappa shape index (κ3) is 4.86. The number of aryl methyl sites for hydroxylation is 1. The predicted octanol–water partition coefficient (Wildman–Crippen LogP) is 4.50. The van der Waals surface area contributed by atoms with Crippen molar-refractivity contribution in [3.8, 4) is 11.4 Å². The van der Waals surface area contributed by atoms with Gasteiger partial charge in [0, 0.05) is 68.5 Å². The molecule has 6 nitrogen and oxygen atoms in total. The molecule has 0 aliphatic carbocycles. The number of carbonyl (C=O) groups is 1. The Bertz CT molecular complexity index is 1080. The van der Waals surface area contributed by atoms with Gasteiger partial charge in [0.2, 0.25) is 0 Å². The minimum atomic E-state index is 0.0508. The number of benzene rings is 2. The molecule has 0 N–H and O–H groups in total. The third-order valence-electron chi connectivity index (χ3n) is 5.75. The average Bonchev–Trinajstić information content (AvgIpc) is 2.81. The molecule has 2 amide bonds. The molecule has 1 fully saturated rings. The summed E-state index contributed by atoms with van der Waals surface area (Å²) in [6, 6.07) is 18.1. The lowest BCUT2D eigenvalue weighted by Gasteiger charge is -2.37. The van der Waals surface area contributed by atoms with Crippen LogP contribution in [0.1, 0.15) is 16.8 Å². The number of nitrogens with zero attached hydrogens (tertiary/aromatic N) is 5. The van der Waals surface area contributed by atoms with Gasteiger partial charge in [0.15, 0.2) is 5.82 Å². The number of hydrogen-bond acceptors (Lipinski definition) is 4. The van der Waals surface area contributed by atoms with E-state index in [9.17, 15) is 4.79 Å². The van der Waals surface area contributed by atoms with Crippen molar-refractivity contribution in [1.29, 1.82) is 0 Å². The van der Waals surface area contributed by atoms with E-state index in [4.69, 9.17) is 21.6 Å². The molecule has 7 heteroatoms. The van der Waals surface area contributed by atoms with Gasteiger partial charge in [-0.1, -0.05) is 41.9 Å². The molecule has 0 saturated carbocycles. The predicted molar refractivity (Wildman–Crippen MR) is 129 cm³/mol. The van der Waals surface area contributed by atoms with E-state index in [1.807, 2.05) is 35.2 Å². The summed E-state index contributed by atoms with van der Waals surface area (Å²) in [7, 11) is 3.58. The van der Waals surface area contributed by atoms with E-state index in [1.54, 1.807) is 19.0 Å². The lowest BCUT2D eigenvalue weighted by Crippen LogP contribution is -2.52. The first-order chi connectivity index (χ1) is 15.4. The van der Waals surface area contributed by atoms with Gasteiger partial charge >= 0.3 is 6.03 Å². The topological polar surface area (TPSA) is 52.6 Å². The Morgan fingerprint density at radius 1 is 0.969 bits per heavy atom. The zero-order valence-corrected chi connectivity index (χ0v) is 19.5. The van der Waals surface area contributed by atoms with Crippen LogP contribution in [-0.2, 0) is 6.42 Å². The fraction of sp³-hybridized carbons (Fsp3) is 0.320. The molecule has 3 aromatic rings. The van der Waals surface area contributed by atoms with Gasteiger partial charge in [0.05, 0.1) is 0 Å². The monoisotopic (exact) mass is 449 g/mol. The van der Waals surface area contributed by atoms with Crippen LogP contribution in [0.5, 0.6) is 0 Å². The van der Waals surface area contributed by atoms with Gasteiger partial charge in [-0.05, 0) is 36.8 Å². The van der Waals surface area contributed by atoms with Crippen LogP contribution in [0.4, 0.5) is 10.6 Å². The van der Waals surface area contributed by atoms with Crippen LogP contribution in [0.25, 0.3) is 11.4 Å². The molecule has 0 spiro atoms. The van der Waals surface area contributed by atoms with E-state index in [0.717, 1.165) is 42.1 Å². The molecule has 0 unspecified atom stereocenters. The van der Waals surface area contributed by atoms with Crippen molar-refractivity contribution in [2.75, 3.05) is 45.2 Å². The second-order valence-electron chi connectivity index (χ2n) is 8.26. The summed E-state index contributed by atoms with van der Waals surface area (Å²) in [4.78, 5) is 28.0. The zero-order chi connectivity index (χ0) is 22.7. The molecular weight excluding hydrogens is 422 g/mol. The second kappa shape index (κ2) is 9.57. The molecule has 32 heavy (non-hydrogen) atoms. The number of piperazine rings is 1. The summed E-state index contributed by atoms with van der Waals surface area (Å²) in [5, 5.41) is 0.688. The van der Waals surface area contributed by atoms with Crippen LogP contribution in [0, 0.1) is 6.92 Å². The molecule has 1 aromatic heterocycles. The van der Waals surface area contributed by atoms with E-state index in [1.165, 1.54) is 5.56 Å². The van der Waals surface area contributed by atoms with Gasteiger partial charge in [0.25, 0.3) is 0 Å². The van der Waals surface area contributed by atoms with Gasteiger partial charge in [-0.2, -0.15) is 0 Å². The SMILES string of the molecule is Cc1nc(-c2ccc(Cl)cc2)nc(N2CCN(C(=O)N(C)C)CC2)c1Cc1ccccc1. The lowest BCUT2D eigenvalue weighted by molar-refractivity contribution is 0.168. The Balaban J connectivity index is 1.69. The highest BCUT2D eigenvalue weighted by molar-refractivity contribution is 6.30. The Hall–Kier alpha value is -3.12. The van der Waals surface area contributed by atoms with Gasteiger partial charge in [-0.15, -0.1) is 0 Å². The summed E-state index contributed by atoms with van der Waals surface area (Å²) < 4.78 is 0. The maximum atomic E-state index is 12.4. The number of amides is 2. The Kier molecular flexibility index (Phi) is 6.61. The number of aromatic nitrogens is 2. The Morgan fingerprint density at radius 2 is 1.62 bits per heavy atom. The molecule has 2 heterocycles. The fourth-order valence-electron chi connectivity index (χ4n) is 3.97. The van der Waals surface area contributed by atoms with Crippen molar-refractivity contribution >= 4 is 23.4 Å². The van der Waals surface area contributed by atoms with Gasteiger partial charge in [-0.25, -0.2) is 14.8 Å². The lowest BCUT2D eigenvalue weighted by atomic mass is 10.0. The van der Waals surface area contributed by atoms with E-state index < -0.39 is 0 Å². The summed E-state index contributed by atoms with van der Waals surface area (Å²) in [6.45, 7) is 4.85. The first kappa shape index (κ1) is 22.1. The number of anilines is 1. The van der Waals surface area contributed by atoms with E-state index >= 15 is 0 Å². The van der Waals surface area contributed by atoms with Gasteiger partial charge in [0.1, 0.15) is 5.82 Å². The maximum Gasteiger partial charge on any atom is 0.319 e. The molecule has 166 valence electrons. The Labute approximate surface area is 194 Å². The van der Waals surface area contributed by atoms with E-state index in [2.05, 4.69) is 36.1 Å². The molecule has 0 atom stereocenters. The number of hydrogen-bond donors (Lipinski definition) is 0. The quantitative estimate of drug-likeness (QED) is 0.588. The van der Waals surface area contributed by atoms with Gasteiger partial charge < -0.3 is 14.7 Å². The summed E-state index contributed by atoms with van der Waals surface area (Å²) in [5.41, 5.74) is 4.25. The number of rotatable bonds is 4. The third-order valence-corrected chi connectivity index (χ3v) is 6.00. The standard InChI is InChI=1S/C25H28ClN5O/c1-18-22(17-19-7-5-4-6-8-19)24(28-23(27-18)20-9-11-21(26)12-10-20)30-13-15-31(16-14-30)25(32)29(2)3/h4-12H,13-17H2,1-3H3. The van der Waals surface area contributed by atoms with Crippen molar-refractivity contribution < 1.29 is 4.79 Å². The summed E-state index contributed by atoms with van der Waals surface area (Å²) in [5.74, 6) is 1.64. The first-order valence-electron chi connectivity index (χ1n) is 10.8. The minimum Gasteiger partial charge on any atom is -0.353 e.